The number of carbonyl (C=O) groups excluding carboxylic acids is 2. The molecule has 3 aromatic carbocycles. The molecule has 1 fully saturated rings. The summed E-state index contributed by atoms with van der Waals surface area (Å²) in [7, 11) is 3.67. The highest BCUT2D eigenvalue weighted by Gasteiger charge is 2.20. The van der Waals surface area contributed by atoms with Gasteiger partial charge in [0.2, 0.25) is 0 Å². The molecule has 0 bridgehead atoms. The highest BCUT2D eigenvalue weighted by atomic mass is 19.1. The quantitative estimate of drug-likeness (QED) is 0.256. The molecule has 0 aliphatic carbocycles. The minimum atomic E-state index is -0.995. The third-order valence-electron chi connectivity index (χ3n) is 7.26. The maximum absolute atomic E-state index is 15.0. The molecule has 2 amide bonds. The zero-order valence-electron chi connectivity index (χ0n) is 23.9. The number of benzene rings is 3. The van der Waals surface area contributed by atoms with Gasteiger partial charge in [-0.3, -0.25) is 14.6 Å². The van der Waals surface area contributed by atoms with Gasteiger partial charge in [0.15, 0.2) is 23.1 Å². The van der Waals surface area contributed by atoms with Crippen LogP contribution in [0.4, 0.5) is 14.5 Å². The number of anilines is 1. The SMILES string of the molecule is COc1cc2c(Oc3ccc(NC(=O)C(=O)NCc4cccc(F)c4)cc3F)ccnc2cc1OCC1CCN(C)CC1. The Morgan fingerprint density at radius 2 is 1.77 bits per heavy atom. The molecule has 9 nitrogen and oxygen atoms in total. The maximum atomic E-state index is 15.0. The first-order valence-corrected chi connectivity index (χ1v) is 13.9. The van der Waals surface area contributed by atoms with Crippen LogP contribution in [0.2, 0.25) is 0 Å². The monoisotopic (exact) mass is 590 g/mol. The van der Waals surface area contributed by atoms with E-state index in [1.165, 1.54) is 30.3 Å². The van der Waals surface area contributed by atoms with Crippen LogP contribution in [0.15, 0.2) is 66.9 Å². The van der Waals surface area contributed by atoms with E-state index in [1.54, 1.807) is 37.6 Å². The molecule has 5 rings (SSSR count). The predicted octanol–water partition coefficient (Wildman–Crippen LogP) is 5.29. The number of likely N-dealkylation sites (tertiary alicyclic amines) is 1. The lowest BCUT2D eigenvalue weighted by atomic mass is 9.98. The highest BCUT2D eigenvalue weighted by molar-refractivity contribution is 6.39. The van der Waals surface area contributed by atoms with Gasteiger partial charge in [0.25, 0.3) is 0 Å². The fourth-order valence-corrected chi connectivity index (χ4v) is 4.80. The van der Waals surface area contributed by atoms with Crippen LogP contribution in [0.5, 0.6) is 23.0 Å². The number of aromatic nitrogens is 1. The first-order chi connectivity index (χ1) is 20.8. The Morgan fingerprint density at radius 3 is 2.51 bits per heavy atom. The molecule has 1 saturated heterocycles. The number of halogens is 2. The molecule has 0 spiro atoms. The van der Waals surface area contributed by atoms with E-state index in [0.29, 0.717) is 46.2 Å². The maximum Gasteiger partial charge on any atom is 0.313 e. The summed E-state index contributed by atoms with van der Waals surface area (Å²) in [6.07, 6.45) is 3.70. The molecule has 0 saturated carbocycles. The van der Waals surface area contributed by atoms with Crippen molar-refractivity contribution >= 4 is 28.4 Å². The Balaban J connectivity index is 1.24. The summed E-state index contributed by atoms with van der Waals surface area (Å²) in [5.74, 6) is -1.36. The zero-order valence-corrected chi connectivity index (χ0v) is 23.9. The van der Waals surface area contributed by atoms with Crippen molar-refractivity contribution < 1.29 is 32.6 Å². The van der Waals surface area contributed by atoms with Crippen molar-refractivity contribution in [2.45, 2.75) is 19.4 Å². The molecule has 1 aromatic heterocycles. The third kappa shape index (κ3) is 7.55. The largest absolute Gasteiger partial charge is 0.493 e. The van der Waals surface area contributed by atoms with Crippen molar-refractivity contribution in [3.05, 3.63) is 84.1 Å². The number of carbonyl (C=O) groups is 2. The third-order valence-corrected chi connectivity index (χ3v) is 7.26. The molecule has 2 N–H and O–H groups in total. The van der Waals surface area contributed by atoms with E-state index in [4.69, 9.17) is 14.2 Å². The van der Waals surface area contributed by atoms with Crippen LogP contribution in [0, 0.1) is 17.6 Å². The molecule has 0 unspecified atom stereocenters. The van der Waals surface area contributed by atoms with Gasteiger partial charge < -0.3 is 29.7 Å². The molecule has 4 aromatic rings. The first kappa shape index (κ1) is 29.7. The summed E-state index contributed by atoms with van der Waals surface area (Å²) in [6, 6.07) is 14.6. The molecule has 0 radical (unpaired) electrons. The number of ether oxygens (including phenoxy) is 3. The van der Waals surface area contributed by atoms with E-state index >= 15 is 4.39 Å². The molecule has 11 heteroatoms. The molecule has 1 aliphatic heterocycles. The number of rotatable bonds is 9. The van der Waals surface area contributed by atoms with Crippen molar-refractivity contribution in [3.8, 4) is 23.0 Å². The number of pyridine rings is 1. The van der Waals surface area contributed by atoms with E-state index in [1.807, 2.05) is 0 Å². The van der Waals surface area contributed by atoms with E-state index in [9.17, 15) is 14.0 Å². The van der Waals surface area contributed by atoms with Gasteiger partial charge in [-0.05, 0) is 80.9 Å². The highest BCUT2D eigenvalue weighted by Crippen LogP contribution is 2.38. The standard InChI is InChI=1S/C32H32F2N4O5/c1-38-12-9-20(10-13-38)19-42-30-17-26-24(16-29(30)41-2)27(8-11-35-26)43-28-7-6-23(15-25(28)34)37-32(40)31(39)36-18-21-4-3-5-22(33)14-21/h3-8,11,14-17,20H,9-10,12-13,18-19H2,1-2H3,(H,36,39)(H,37,40). The molecular weight excluding hydrogens is 558 g/mol. The van der Waals surface area contributed by atoms with E-state index in [0.717, 1.165) is 32.0 Å². The van der Waals surface area contributed by atoms with Crippen LogP contribution in [-0.2, 0) is 16.1 Å². The Labute approximate surface area is 247 Å². The predicted molar refractivity (Wildman–Crippen MR) is 157 cm³/mol. The summed E-state index contributed by atoms with van der Waals surface area (Å²) in [4.78, 5) is 31.2. The fraction of sp³-hybridized carbons (Fsp3) is 0.281. The number of hydrogen-bond acceptors (Lipinski definition) is 7. The van der Waals surface area contributed by atoms with Gasteiger partial charge in [-0.15, -0.1) is 0 Å². The number of piperidine rings is 1. The summed E-state index contributed by atoms with van der Waals surface area (Å²) < 4.78 is 45.9. The molecule has 2 heterocycles. The van der Waals surface area contributed by atoms with Crippen molar-refractivity contribution in [1.82, 2.24) is 15.2 Å². The smallest absolute Gasteiger partial charge is 0.313 e. The van der Waals surface area contributed by atoms with Crippen LogP contribution in [0.3, 0.4) is 0 Å². The number of fused-ring (bicyclic) bond motifs is 1. The van der Waals surface area contributed by atoms with Gasteiger partial charge >= 0.3 is 11.8 Å². The number of nitrogens with one attached hydrogen (secondary N) is 2. The minimum absolute atomic E-state index is 0.0399. The van der Waals surface area contributed by atoms with Crippen LogP contribution in [-0.4, -0.2) is 55.6 Å². The Kier molecular flexibility index (Phi) is 9.31. The van der Waals surface area contributed by atoms with Gasteiger partial charge in [0, 0.05) is 35.9 Å². The van der Waals surface area contributed by atoms with Crippen LogP contribution in [0.1, 0.15) is 18.4 Å². The second-order valence-corrected chi connectivity index (χ2v) is 10.4. The molecule has 43 heavy (non-hydrogen) atoms. The van der Waals surface area contributed by atoms with Gasteiger partial charge in [0.05, 0.1) is 19.2 Å². The summed E-state index contributed by atoms with van der Waals surface area (Å²) in [5.41, 5.74) is 1.14. The van der Waals surface area contributed by atoms with Gasteiger partial charge in [-0.1, -0.05) is 12.1 Å². The van der Waals surface area contributed by atoms with Crippen molar-refractivity contribution in [2.75, 3.05) is 39.2 Å². The van der Waals surface area contributed by atoms with E-state index < -0.39 is 23.4 Å². The summed E-state index contributed by atoms with van der Waals surface area (Å²) in [6.45, 7) is 2.63. The van der Waals surface area contributed by atoms with E-state index in [2.05, 4.69) is 27.6 Å². The second kappa shape index (κ2) is 13.5. The average Bonchev–Trinajstić information content (AvgIpc) is 3.00. The number of methoxy groups -OCH3 is 1. The van der Waals surface area contributed by atoms with Gasteiger partial charge in [-0.25, -0.2) is 8.78 Å². The van der Waals surface area contributed by atoms with Crippen molar-refractivity contribution in [2.24, 2.45) is 5.92 Å². The average molecular weight is 591 g/mol. The summed E-state index contributed by atoms with van der Waals surface area (Å²) >= 11 is 0. The lowest BCUT2D eigenvalue weighted by molar-refractivity contribution is -0.136. The van der Waals surface area contributed by atoms with E-state index in [-0.39, 0.29) is 18.0 Å². The molecule has 1 aliphatic rings. The van der Waals surface area contributed by atoms with Crippen LogP contribution in [0.25, 0.3) is 10.9 Å². The van der Waals surface area contributed by atoms with Gasteiger partial charge in [0.1, 0.15) is 11.6 Å². The number of hydrogen-bond donors (Lipinski definition) is 2. The first-order valence-electron chi connectivity index (χ1n) is 13.9. The lowest BCUT2D eigenvalue weighted by Gasteiger charge is -2.28. The van der Waals surface area contributed by atoms with Gasteiger partial charge in [-0.2, -0.15) is 0 Å². The molecular formula is C32H32F2N4O5. The number of amides is 2. The summed E-state index contributed by atoms with van der Waals surface area (Å²) in [5, 5.41) is 5.34. The van der Waals surface area contributed by atoms with Crippen molar-refractivity contribution in [3.63, 3.8) is 0 Å². The van der Waals surface area contributed by atoms with Crippen LogP contribution < -0.4 is 24.8 Å². The normalized spacial score (nSPS) is 13.9. The Bertz CT molecular complexity index is 1630. The molecule has 0 atom stereocenters. The topological polar surface area (TPSA) is 102 Å². The molecule has 224 valence electrons. The van der Waals surface area contributed by atoms with Crippen LogP contribution >= 0.6 is 0 Å². The number of nitrogens with zero attached hydrogens (tertiary/aromatic N) is 2. The zero-order chi connectivity index (χ0) is 30.3. The van der Waals surface area contributed by atoms with Crippen molar-refractivity contribution in [1.29, 1.82) is 0 Å². The minimum Gasteiger partial charge on any atom is -0.493 e. The fourth-order valence-electron chi connectivity index (χ4n) is 4.80. The lowest BCUT2D eigenvalue weighted by Crippen LogP contribution is -2.35. The second-order valence-electron chi connectivity index (χ2n) is 10.4. The Hall–Kier alpha value is -4.77. The Morgan fingerprint density at radius 1 is 0.953 bits per heavy atom.